The Morgan fingerprint density at radius 1 is 1.25 bits per heavy atom. The molecule has 0 atom stereocenters. The van der Waals surface area contributed by atoms with Gasteiger partial charge in [-0.1, -0.05) is 12.7 Å². The van der Waals surface area contributed by atoms with E-state index in [4.69, 9.17) is 9.15 Å². The molecule has 5 nitrogen and oxygen atoms in total. The van der Waals surface area contributed by atoms with E-state index in [1.165, 1.54) is 25.3 Å². The number of ether oxygens (including phenoxy) is 1. The molecule has 0 aliphatic rings. The van der Waals surface area contributed by atoms with E-state index in [9.17, 15) is 9.90 Å². The number of hydrogen-bond donors (Lipinski definition) is 1. The van der Waals surface area contributed by atoms with E-state index >= 15 is 0 Å². The Bertz CT molecular complexity index is 1020. The SMILES string of the molecule is C=Cc1cc(-c2cc(=O)c3ccc(O)c(OC)c3o2)ccc1N=C. The van der Waals surface area contributed by atoms with E-state index in [-0.39, 0.29) is 22.5 Å². The Morgan fingerprint density at radius 2 is 2.04 bits per heavy atom. The quantitative estimate of drug-likeness (QED) is 0.733. The number of fused-ring (bicyclic) bond motifs is 1. The summed E-state index contributed by atoms with van der Waals surface area (Å²) >= 11 is 0. The smallest absolute Gasteiger partial charge is 0.204 e. The third kappa shape index (κ3) is 2.46. The zero-order chi connectivity index (χ0) is 17.3. The van der Waals surface area contributed by atoms with Crippen molar-refractivity contribution in [2.75, 3.05) is 7.11 Å². The molecule has 0 saturated carbocycles. The highest BCUT2D eigenvalue weighted by Crippen LogP contribution is 2.36. The average molecular weight is 321 g/mol. The van der Waals surface area contributed by atoms with Crippen LogP contribution in [0.3, 0.4) is 0 Å². The standard InChI is InChI=1S/C19H15NO4/c1-4-11-9-12(5-7-14(11)20-2)17-10-16(22)13-6-8-15(21)19(23-3)18(13)24-17/h4-10,21H,1-2H2,3H3. The first-order valence-corrected chi connectivity index (χ1v) is 7.16. The van der Waals surface area contributed by atoms with Crippen molar-refractivity contribution < 1.29 is 14.3 Å². The summed E-state index contributed by atoms with van der Waals surface area (Å²) in [5.74, 6) is 0.387. The van der Waals surface area contributed by atoms with Gasteiger partial charge in [-0.25, -0.2) is 0 Å². The fourth-order valence-corrected chi connectivity index (χ4v) is 2.54. The number of methoxy groups -OCH3 is 1. The van der Waals surface area contributed by atoms with E-state index in [0.29, 0.717) is 22.4 Å². The molecule has 3 aromatic rings. The second-order valence-electron chi connectivity index (χ2n) is 5.11. The molecule has 1 N–H and O–H groups in total. The number of nitrogens with zero attached hydrogens (tertiary/aromatic N) is 1. The van der Waals surface area contributed by atoms with Gasteiger partial charge in [-0.2, -0.15) is 0 Å². The molecule has 120 valence electrons. The minimum atomic E-state index is -0.226. The number of hydrogen-bond acceptors (Lipinski definition) is 5. The molecule has 0 spiro atoms. The third-order valence-corrected chi connectivity index (χ3v) is 3.74. The Balaban J connectivity index is 2.30. The zero-order valence-electron chi connectivity index (χ0n) is 13.1. The summed E-state index contributed by atoms with van der Waals surface area (Å²) < 4.78 is 11.0. The van der Waals surface area contributed by atoms with Gasteiger partial charge in [-0.15, -0.1) is 0 Å². The highest BCUT2D eigenvalue weighted by Gasteiger charge is 2.15. The first-order chi connectivity index (χ1) is 11.6. The van der Waals surface area contributed by atoms with Crippen LogP contribution in [0.25, 0.3) is 28.4 Å². The maximum atomic E-state index is 12.4. The predicted octanol–water partition coefficient (Wildman–Crippen LogP) is 4.15. The van der Waals surface area contributed by atoms with Crippen LogP contribution < -0.4 is 10.2 Å². The van der Waals surface area contributed by atoms with Crippen LogP contribution in [0.5, 0.6) is 11.5 Å². The largest absolute Gasteiger partial charge is 0.504 e. The number of benzene rings is 2. The molecule has 0 amide bonds. The van der Waals surface area contributed by atoms with Gasteiger partial charge in [0.2, 0.25) is 5.75 Å². The number of rotatable bonds is 4. The molecule has 2 aromatic carbocycles. The van der Waals surface area contributed by atoms with Crippen LogP contribution in [0.15, 0.2) is 57.2 Å². The van der Waals surface area contributed by atoms with Crippen LogP contribution in [0, 0.1) is 0 Å². The molecule has 0 saturated heterocycles. The molecule has 5 heteroatoms. The minimum Gasteiger partial charge on any atom is -0.504 e. The average Bonchev–Trinajstić information content (AvgIpc) is 2.60. The second kappa shape index (κ2) is 6.04. The van der Waals surface area contributed by atoms with Crippen LogP contribution in [0.2, 0.25) is 0 Å². The topological polar surface area (TPSA) is 72.0 Å². The van der Waals surface area contributed by atoms with Crippen LogP contribution in [0.4, 0.5) is 5.69 Å². The molecule has 1 heterocycles. The maximum Gasteiger partial charge on any atom is 0.204 e. The van der Waals surface area contributed by atoms with Crippen molar-refractivity contribution >= 4 is 29.5 Å². The molecule has 0 aliphatic carbocycles. The fraction of sp³-hybridized carbons (Fsp3) is 0.0526. The molecular formula is C19H15NO4. The lowest BCUT2D eigenvalue weighted by atomic mass is 10.1. The molecule has 3 rings (SSSR count). The van der Waals surface area contributed by atoms with Crippen LogP contribution in [-0.2, 0) is 0 Å². The molecule has 0 unspecified atom stereocenters. The van der Waals surface area contributed by atoms with Crippen LogP contribution >= 0.6 is 0 Å². The summed E-state index contributed by atoms with van der Waals surface area (Å²) in [6.07, 6.45) is 1.65. The van der Waals surface area contributed by atoms with Crippen molar-refractivity contribution in [2.24, 2.45) is 4.99 Å². The summed E-state index contributed by atoms with van der Waals surface area (Å²) in [4.78, 5) is 16.3. The molecule has 1 aromatic heterocycles. The summed E-state index contributed by atoms with van der Waals surface area (Å²) in [5.41, 5.74) is 2.11. The van der Waals surface area contributed by atoms with Gasteiger partial charge in [0.25, 0.3) is 0 Å². The zero-order valence-corrected chi connectivity index (χ0v) is 13.1. The van der Waals surface area contributed by atoms with Crippen LogP contribution in [-0.4, -0.2) is 18.9 Å². The van der Waals surface area contributed by atoms with Crippen molar-refractivity contribution in [3.05, 3.63) is 58.8 Å². The summed E-state index contributed by atoms with van der Waals surface area (Å²) in [6.45, 7) is 7.26. The van der Waals surface area contributed by atoms with Gasteiger partial charge in [0.15, 0.2) is 16.8 Å². The first-order valence-electron chi connectivity index (χ1n) is 7.16. The van der Waals surface area contributed by atoms with Gasteiger partial charge in [-0.05, 0) is 37.0 Å². The van der Waals surface area contributed by atoms with Gasteiger partial charge < -0.3 is 14.3 Å². The number of aliphatic imine (C=N–C) groups is 1. The van der Waals surface area contributed by atoms with Crippen molar-refractivity contribution in [1.29, 1.82) is 0 Å². The predicted molar refractivity (Wildman–Crippen MR) is 95.4 cm³/mol. The van der Waals surface area contributed by atoms with Crippen molar-refractivity contribution in [1.82, 2.24) is 0 Å². The van der Waals surface area contributed by atoms with E-state index in [1.54, 1.807) is 24.3 Å². The lowest BCUT2D eigenvalue weighted by Gasteiger charge is -2.09. The van der Waals surface area contributed by atoms with Gasteiger partial charge in [0.05, 0.1) is 18.2 Å². The van der Waals surface area contributed by atoms with Crippen molar-refractivity contribution in [2.45, 2.75) is 0 Å². The van der Waals surface area contributed by atoms with Gasteiger partial charge in [-0.3, -0.25) is 9.79 Å². The van der Waals surface area contributed by atoms with Crippen LogP contribution in [0.1, 0.15) is 5.56 Å². The normalized spacial score (nSPS) is 10.5. The molecule has 0 bridgehead atoms. The molecular weight excluding hydrogens is 306 g/mol. The molecule has 0 radical (unpaired) electrons. The van der Waals surface area contributed by atoms with Crippen molar-refractivity contribution in [3.63, 3.8) is 0 Å². The second-order valence-corrected chi connectivity index (χ2v) is 5.11. The number of phenolic OH excluding ortho intramolecular Hbond substituents is 1. The van der Waals surface area contributed by atoms with Gasteiger partial charge in [0.1, 0.15) is 5.76 Å². The number of aromatic hydroxyl groups is 1. The lowest BCUT2D eigenvalue weighted by molar-refractivity contribution is 0.371. The van der Waals surface area contributed by atoms with E-state index in [1.807, 2.05) is 0 Å². The Morgan fingerprint density at radius 3 is 2.71 bits per heavy atom. The third-order valence-electron chi connectivity index (χ3n) is 3.74. The minimum absolute atomic E-state index is 0.0942. The summed E-state index contributed by atoms with van der Waals surface area (Å²) in [7, 11) is 1.40. The molecule has 0 fully saturated rings. The van der Waals surface area contributed by atoms with Gasteiger partial charge >= 0.3 is 0 Å². The highest BCUT2D eigenvalue weighted by molar-refractivity contribution is 5.86. The Kier molecular flexibility index (Phi) is 3.92. The number of phenols is 1. The molecule has 24 heavy (non-hydrogen) atoms. The maximum absolute atomic E-state index is 12.4. The van der Waals surface area contributed by atoms with Gasteiger partial charge in [0, 0.05) is 17.2 Å². The van der Waals surface area contributed by atoms with E-state index in [0.717, 1.165) is 5.56 Å². The van der Waals surface area contributed by atoms with E-state index < -0.39 is 0 Å². The summed E-state index contributed by atoms with van der Waals surface area (Å²) in [5, 5.41) is 10.2. The Labute approximate surface area is 138 Å². The highest BCUT2D eigenvalue weighted by atomic mass is 16.5. The molecule has 0 aliphatic heterocycles. The van der Waals surface area contributed by atoms with Crippen molar-refractivity contribution in [3.8, 4) is 22.8 Å². The fourth-order valence-electron chi connectivity index (χ4n) is 2.54. The monoisotopic (exact) mass is 321 g/mol. The lowest BCUT2D eigenvalue weighted by Crippen LogP contribution is -2.01. The summed E-state index contributed by atoms with van der Waals surface area (Å²) in [6, 6.07) is 9.65. The van der Waals surface area contributed by atoms with E-state index in [2.05, 4.69) is 18.3 Å². The Hall–Kier alpha value is -3.34. The first kappa shape index (κ1) is 15.6.